The highest BCUT2D eigenvalue weighted by molar-refractivity contribution is 5.93. The molecule has 0 saturated carbocycles. The van der Waals surface area contributed by atoms with Crippen LogP contribution in [0.5, 0.6) is 5.75 Å². The van der Waals surface area contributed by atoms with Gasteiger partial charge in [0, 0.05) is 5.56 Å². The van der Waals surface area contributed by atoms with Crippen LogP contribution in [0.3, 0.4) is 0 Å². The summed E-state index contributed by atoms with van der Waals surface area (Å²) >= 11 is 0. The Labute approximate surface area is 96.7 Å². The maximum atomic E-state index is 11.9. The number of ether oxygens (including phenoxy) is 1. The maximum Gasteiger partial charge on any atom is 0.387 e. The number of hydrogen-bond acceptors (Lipinski definition) is 3. The quantitative estimate of drug-likeness (QED) is 0.815. The highest BCUT2D eigenvalue weighted by Crippen LogP contribution is 2.17. The fourth-order valence-electron chi connectivity index (χ4n) is 1.53. The zero-order valence-corrected chi connectivity index (χ0v) is 8.94. The molecule has 2 rings (SSSR count). The van der Waals surface area contributed by atoms with Crippen molar-refractivity contribution in [3.05, 3.63) is 29.8 Å². The summed E-state index contributed by atoms with van der Waals surface area (Å²) in [7, 11) is 0. The molecule has 1 aliphatic heterocycles. The summed E-state index contributed by atoms with van der Waals surface area (Å²) in [5, 5.41) is 1.27. The van der Waals surface area contributed by atoms with Crippen molar-refractivity contribution in [2.24, 2.45) is 0 Å². The van der Waals surface area contributed by atoms with Crippen molar-refractivity contribution in [2.45, 2.75) is 13.0 Å². The lowest BCUT2D eigenvalue weighted by Gasteiger charge is -2.13. The van der Waals surface area contributed by atoms with Gasteiger partial charge in [0.2, 0.25) is 0 Å². The van der Waals surface area contributed by atoms with Gasteiger partial charge in [0.15, 0.2) is 0 Å². The van der Waals surface area contributed by atoms with E-state index >= 15 is 0 Å². The molecule has 0 aliphatic carbocycles. The summed E-state index contributed by atoms with van der Waals surface area (Å²) in [4.78, 5) is 16.9. The van der Waals surface area contributed by atoms with Crippen LogP contribution in [0.1, 0.15) is 16.8 Å². The van der Waals surface area contributed by atoms with E-state index in [4.69, 9.17) is 4.84 Å². The van der Waals surface area contributed by atoms with Crippen molar-refractivity contribution in [1.82, 2.24) is 5.06 Å². The number of carbonyl (C=O) groups excluding carboxylic acids is 1. The van der Waals surface area contributed by atoms with Crippen LogP contribution in [0, 0.1) is 0 Å². The molecular formula is C11H11F2NO3. The molecule has 1 heterocycles. The first kappa shape index (κ1) is 11.8. The van der Waals surface area contributed by atoms with E-state index in [1.165, 1.54) is 29.3 Å². The molecule has 17 heavy (non-hydrogen) atoms. The SMILES string of the molecule is O=C(c1ccc(OC(F)F)cc1)N1CCCO1. The number of alkyl halides is 2. The van der Waals surface area contributed by atoms with E-state index in [2.05, 4.69) is 4.74 Å². The Bertz CT molecular complexity index is 388. The number of hydrogen-bond donors (Lipinski definition) is 0. The first-order valence-corrected chi connectivity index (χ1v) is 5.16. The molecule has 0 spiro atoms. The van der Waals surface area contributed by atoms with Crippen LogP contribution in [-0.2, 0) is 4.84 Å². The van der Waals surface area contributed by atoms with Gasteiger partial charge in [-0.15, -0.1) is 0 Å². The second-order valence-electron chi connectivity index (χ2n) is 3.50. The van der Waals surface area contributed by atoms with Crippen LogP contribution in [0.4, 0.5) is 8.78 Å². The molecule has 0 unspecified atom stereocenters. The topological polar surface area (TPSA) is 38.8 Å². The van der Waals surface area contributed by atoms with Crippen LogP contribution >= 0.6 is 0 Å². The van der Waals surface area contributed by atoms with Crippen molar-refractivity contribution >= 4 is 5.91 Å². The number of carbonyl (C=O) groups is 1. The molecule has 1 fully saturated rings. The lowest BCUT2D eigenvalue weighted by Crippen LogP contribution is -2.26. The summed E-state index contributed by atoms with van der Waals surface area (Å²) in [6.07, 6.45) is 0.804. The molecule has 1 amide bonds. The normalized spacial score (nSPS) is 15.4. The summed E-state index contributed by atoms with van der Waals surface area (Å²) in [6.45, 7) is -1.79. The minimum Gasteiger partial charge on any atom is -0.435 e. The molecule has 1 aliphatic rings. The van der Waals surface area contributed by atoms with E-state index in [1.807, 2.05) is 0 Å². The van der Waals surface area contributed by atoms with E-state index in [-0.39, 0.29) is 11.7 Å². The van der Waals surface area contributed by atoms with Gasteiger partial charge in [-0.2, -0.15) is 8.78 Å². The molecule has 0 bridgehead atoms. The molecule has 92 valence electrons. The number of halogens is 2. The third-order valence-electron chi connectivity index (χ3n) is 2.31. The minimum atomic E-state index is -2.86. The predicted octanol–water partition coefficient (Wildman–Crippen LogP) is 2.07. The Kier molecular flexibility index (Phi) is 3.53. The monoisotopic (exact) mass is 243 g/mol. The van der Waals surface area contributed by atoms with Crippen LogP contribution in [0.15, 0.2) is 24.3 Å². The van der Waals surface area contributed by atoms with Gasteiger partial charge >= 0.3 is 6.61 Å². The zero-order valence-electron chi connectivity index (χ0n) is 8.94. The van der Waals surface area contributed by atoms with Gasteiger partial charge in [-0.3, -0.25) is 9.63 Å². The van der Waals surface area contributed by atoms with E-state index < -0.39 is 6.61 Å². The van der Waals surface area contributed by atoms with E-state index in [1.54, 1.807) is 0 Å². The molecule has 0 atom stereocenters. The van der Waals surface area contributed by atoms with Gasteiger partial charge < -0.3 is 4.74 Å². The second kappa shape index (κ2) is 5.09. The molecule has 1 saturated heterocycles. The lowest BCUT2D eigenvalue weighted by molar-refractivity contribution is -0.0768. The number of rotatable bonds is 3. The van der Waals surface area contributed by atoms with E-state index in [0.29, 0.717) is 18.7 Å². The van der Waals surface area contributed by atoms with E-state index in [9.17, 15) is 13.6 Å². The average molecular weight is 243 g/mol. The van der Waals surface area contributed by atoms with Gasteiger partial charge in [-0.05, 0) is 30.7 Å². The smallest absolute Gasteiger partial charge is 0.387 e. The highest BCUT2D eigenvalue weighted by atomic mass is 19.3. The summed E-state index contributed by atoms with van der Waals surface area (Å²) in [5.41, 5.74) is 0.383. The number of nitrogens with zero attached hydrogens (tertiary/aromatic N) is 1. The van der Waals surface area contributed by atoms with Crippen molar-refractivity contribution in [3.8, 4) is 5.75 Å². The minimum absolute atomic E-state index is 0.0268. The highest BCUT2D eigenvalue weighted by Gasteiger charge is 2.20. The lowest BCUT2D eigenvalue weighted by atomic mass is 10.2. The van der Waals surface area contributed by atoms with Crippen molar-refractivity contribution in [2.75, 3.05) is 13.2 Å². The van der Waals surface area contributed by atoms with Gasteiger partial charge in [0.05, 0.1) is 13.2 Å². The van der Waals surface area contributed by atoms with Gasteiger partial charge in [-0.1, -0.05) is 0 Å². The van der Waals surface area contributed by atoms with Crippen LogP contribution in [0.2, 0.25) is 0 Å². The Morgan fingerprint density at radius 3 is 2.59 bits per heavy atom. The summed E-state index contributed by atoms with van der Waals surface area (Å²) < 4.78 is 28.0. The molecule has 0 aromatic heterocycles. The largest absolute Gasteiger partial charge is 0.435 e. The van der Waals surface area contributed by atoms with Crippen LogP contribution in [0.25, 0.3) is 0 Å². The van der Waals surface area contributed by atoms with Crippen LogP contribution < -0.4 is 4.74 Å². The van der Waals surface area contributed by atoms with Gasteiger partial charge in [0.1, 0.15) is 5.75 Å². The Morgan fingerprint density at radius 1 is 1.35 bits per heavy atom. The van der Waals surface area contributed by atoms with Crippen molar-refractivity contribution in [1.29, 1.82) is 0 Å². The first-order chi connectivity index (χ1) is 8.16. The van der Waals surface area contributed by atoms with E-state index in [0.717, 1.165) is 6.42 Å². The number of hydroxylamine groups is 2. The molecule has 6 heteroatoms. The Balaban J connectivity index is 2.04. The molecule has 1 aromatic carbocycles. The Hall–Kier alpha value is -1.69. The number of amides is 1. The standard InChI is InChI=1S/C11H11F2NO3/c12-11(13)17-9-4-2-8(3-5-9)10(15)14-6-1-7-16-14/h2-5,11H,1,6-7H2. The maximum absolute atomic E-state index is 11.9. The summed E-state index contributed by atoms with van der Waals surface area (Å²) in [6, 6.07) is 5.52. The zero-order chi connectivity index (χ0) is 12.3. The summed E-state index contributed by atoms with van der Waals surface area (Å²) in [5.74, 6) is -0.245. The van der Waals surface area contributed by atoms with Gasteiger partial charge in [-0.25, -0.2) is 5.06 Å². The third-order valence-corrected chi connectivity index (χ3v) is 2.31. The third kappa shape index (κ3) is 2.91. The molecular weight excluding hydrogens is 232 g/mol. The van der Waals surface area contributed by atoms with Crippen molar-refractivity contribution in [3.63, 3.8) is 0 Å². The second-order valence-corrected chi connectivity index (χ2v) is 3.50. The molecule has 0 radical (unpaired) electrons. The van der Waals surface area contributed by atoms with Crippen LogP contribution in [-0.4, -0.2) is 30.7 Å². The molecule has 4 nitrogen and oxygen atoms in total. The van der Waals surface area contributed by atoms with Crippen molar-refractivity contribution < 1.29 is 23.1 Å². The number of benzene rings is 1. The molecule has 1 aromatic rings. The molecule has 0 N–H and O–H groups in total. The average Bonchev–Trinajstić information content (AvgIpc) is 2.82. The fourth-order valence-corrected chi connectivity index (χ4v) is 1.53. The first-order valence-electron chi connectivity index (χ1n) is 5.16. The van der Waals surface area contributed by atoms with Gasteiger partial charge in [0.25, 0.3) is 5.91 Å². The predicted molar refractivity (Wildman–Crippen MR) is 54.7 cm³/mol. The fraction of sp³-hybridized carbons (Fsp3) is 0.364. The Morgan fingerprint density at radius 2 is 2.06 bits per heavy atom.